The normalized spacial score (nSPS) is 12.0. The lowest BCUT2D eigenvalue weighted by Gasteiger charge is -2.17. The summed E-state index contributed by atoms with van der Waals surface area (Å²) >= 11 is 6.80. The molecule has 5 heteroatoms. The average Bonchev–Trinajstić information content (AvgIpc) is 2.45. The first-order chi connectivity index (χ1) is 10.0. The summed E-state index contributed by atoms with van der Waals surface area (Å²) in [5.74, 6) is -0.250. The van der Waals surface area contributed by atoms with E-state index in [0.717, 1.165) is 20.9 Å². The van der Waals surface area contributed by atoms with E-state index in [1.165, 1.54) is 0 Å². The van der Waals surface area contributed by atoms with Crippen LogP contribution in [0.15, 0.2) is 51.4 Å². The van der Waals surface area contributed by atoms with E-state index in [1.54, 1.807) is 6.07 Å². The molecule has 1 amide bonds. The molecule has 110 valence electrons. The number of halogens is 2. The van der Waals surface area contributed by atoms with Crippen LogP contribution in [0, 0.1) is 0 Å². The van der Waals surface area contributed by atoms with Crippen molar-refractivity contribution in [1.29, 1.82) is 0 Å². The number of amides is 1. The molecule has 0 aliphatic carbocycles. The van der Waals surface area contributed by atoms with Crippen molar-refractivity contribution in [2.45, 2.75) is 19.3 Å². The maximum Gasteiger partial charge on any atom is 0.231 e. The van der Waals surface area contributed by atoms with Crippen molar-refractivity contribution in [3.63, 3.8) is 0 Å². The van der Waals surface area contributed by atoms with E-state index in [0.29, 0.717) is 11.4 Å². The van der Waals surface area contributed by atoms with Gasteiger partial charge >= 0.3 is 0 Å². The Morgan fingerprint density at radius 2 is 1.90 bits per heavy atom. The molecule has 1 atom stereocenters. The topological polar surface area (TPSA) is 55.1 Å². The zero-order valence-electron chi connectivity index (χ0n) is 11.6. The highest BCUT2D eigenvalue weighted by Gasteiger charge is 2.20. The van der Waals surface area contributed by atoms with Crippen molar-refractivity contribution in [3.8, 4) is 0 Å². The van der Waals surface area contributed by atoms with Gasteiger partial charge in [-0.1, -0.05) is 53.2 Å². The van der Waals surface area contributed by atoms with Gasteiger partial charge < -0.3 is 11.1 Å². The van der Waals surface area contributed by atoms with Crippen LogP contribution in [-0.4, -0.2) is 5.91 Å². The first-order valence-corrected chi connectivity index (χ1v) is 8.21. The molecule has 0 saturated carbocycles. The van der Waals surface area contributed by atoms with Crippen molar-refractivity contribution >= 4 is 49.1 Å². The molecule has 3 nitrogen and oxygen atoms in total. The molecule has 0 bridgehead atoms. The fourth-order valence-corrected chi connectivity index (χ4v) is 3.55. The molecule has 0 radical (unpaired) electrons. The first kappa shape index (κ1) is 16.0. The highest BCUT2D eigenvalue weighted by Crippen LogP contribution is 2.33. The van der Waals surface area contributed by atoms with Crippen LogP contribution in [0.2, 0.25) is 0 Å². The standard InChI is InChI=1S/C16H16Br2N2O/c1-2-12(10-6-4-3-5-7-10)16(21)20-15-13(18)8-11(17)9-14(15)19/h3-9,12H,2,19H2,1H3,(H,20,21). The van der Waals surface area contributed by atoms with Gasteiger partial charge in [0.15, 0.2) is 0 Å². The molecule has 0 aliphatic heterocycles. The fourth-order valence-electron chi connectivity index (χ4n) is 2.19. The Morgan fingerprint density at radius 1 is 1.24 bits per heavy atom. The van der Waals surface area contributed by atoms with Crippen LogP contribution in [0.3, 0.4) is 0 Å². The molecule has 2 aromatic carbocycles. The molecule has 0 aliphatic rings. The minimum Gasteiger partial charge on any atom is -0.397 e. The Morgan fingerprint density at radius 3 is 2.48 bits per heavy atom. The van der Waals surface area contributed by atoms with Gasteiger partial charge in [0.25, 0.3) is 0 Å². The van der Waals surface area contributed by atoms with Crippen LogP contribution < -0.4 is 11.1 Å². The number of nitrogens with one attached hydrogen (secondary N) is 1. The van der Waals surface area contributed by atoms with Crippen LogP contribution in [0.5, 0.6) is 0 Å². The van der Waals surface area contributed by atoms with Gasteiger partial charge in [0, 0.05) is 8.95 Å². The van der Waals surface area contributed by atoms with Crippen LogP contribution in [0.25, 0.3) is 0 Å². The summed E-state index contributed by atoms with van der Waals surface area (Å²) in [6.07, 6.45) is 0.726. The summed E-state index contributed by atoms with van der Waals surface area (Å²) in [7, 11) is 0. The molecule has 0 heterocycles. The molecule has 21 heavy (non-hydrogen) atoms. The summed E-state index contributed by atoms with van der Waals surface area (Å²) in [4.78, 5) is 12.5. The predicted octanol–water partition coefficient (Wildman–Crippen LogP) is 4.93. The second kappa shape index (κ2) is 7.09. The molecule has 0 spiro atoms. The molecular formula is C16H16Br2N2O. The highest BCUT2D eigenvalue weighted by atomic mass is 79.9. The van der Waals surface area contributed by atoms with Gasteiger partial charge in [-0.2, -0.15) is 0 Å². The number of carbonyl (C=O) groups excluding carboxylic acids is 1. The molecule has 2 rings (SSSR count). The van der Waals surface area contributed by atoms with E-state index in [4.69, 9.17) is 5.73 Å². The van der Waals surface area contributed by atoms with E-state index in [9.17, 15) is 4.79 Å². The second-order valence-corrected chi connectivity index (χ2v) is 6.48. The van der Waals surface area contributed by atoms with Crippen molar-refractivity contribution in [1.82, 2.24) is 0 Å². The summed E-state index contributed by atoms with van der Waals surface area (Å²) in [5, 5.41) is 2.92. The minimum absolute atomic E-state index is 0.0570. The average molecular weight is 412 g/mol. The van der Waals surface area contributed by atoms with Crippen molar-refractivity contribution < 1.29 is 4.79 Å². The van der Waals surface area contributed by atoms with Crippen LogP contribution in [0.1, 0.15) is 24.8 Å². The van der Waals surface area contributed by atoms with E-state index >= 15 is 0 Å². The first-order valence-electron chi connectivity index (χ1n) is 6.63. The molecule has 0 saturated heterocycles. The molecule has 1 unspecified atom stereocenters. The van der Waals surface area contributed by atoms with Gasteiger partial charge in [0.1, 0.15) is 0 Å². The van der Waals surface area contributed by atoms with Crippen LogP contribution in [-0.2, 0) is 4.79 Å². The van der Waals surface area contributed by atoms with Gasteiger partial charge in [-0.25, -0.2) is 0 Å². The monoisotopic (exact) mass is 410 g/mol. The van der Waals surface area contributed by atoms with Crippen molar-refractivity contribution in [2.75, 3.05) is 11.1 Å². The van der Waals surface area contributed by atoms with Gasteiger partial charge in [0.2, 0.25) is 5.91 Å². The number of nitrogens with two attached hydrogens (primary N) is 1. The second-order valence-electron chi connectivity index (χ2n) is 4.71. The van der Waals surface area contributed by atoms with Gasteiger partial charge in [-0.15, -0.1) is 0 Å². The number of hydrogen-bond donors (Lipinski definition) is 2. The summed E-state index contributed by atoms with van der Waals surface area (Å²) in [5.41, 5.74) is 8.11. The summed E-state index contributed by atoms with van der Waals surface area (Å²) in [6, 6.07) is 13.4. The van der Waals surface area contributed by atoms with Gasteiger partial charge in [-0.3, -0.25) is 4.79 Å². The maximum absolute atomic E-state index is 12.5. The third kappa shape index (κ3) is 3.86. The quantitative estimate of drug-likeness (QED) is 0.701. The zero-order chi connectivity index (χ0) is 15.4. The van der Waals surface area contributed by atoms with Crippen LogP contribution in [0.4, 0.5) is 11.4 Å². The molecule has 0 fully saturated rings. The van der Waals surface area contributed by atoms with E-state index in [1.807, 2.05) is 43.3 Å². The van der Waals surface area contributed by atoms with Crippen molar-refractivity contribution in [3.05, 3.63) is 57.0 Å². The fraction of sp³-hybridized carbons (Fsp3) is 0.188. The Bertz CT molecular complexity index is 621. The summed E-state index contributed by atoms with van der Waals surface area (Å²) in [6.45, 7) is 2.00. The van der Waals surface area contributed by atoms with E-state index in [2.05, 4.69) is 37.2 Å². The van der Waals surface area contributed by atoms with E-state index in [-0.39, 0.29) is 11.8 Å². The highest BCUT2D eigenvalue weighted by molar-refractivity contribution is 9.11. The molecule has 0 aromatic heterocycles. The van der Waals surface area contributed by atoms with Crippen molar-refractivity contribution in [2.24, 2.45) is 0 Å². The molecular weight excluding hydrogens is 396 g/mol. The largest absolute Gasteiger partial charge is 0.397 e. The lowest BCUT2D eigenvalue weighted by atomic mass is 9.95. The Balaban J connectivity index is 2.25. The minimum atomic E-state index is -0.193. The maximum atomic E-state index is 12.5. The molecule has 2 aromatic rings. The number of rotatable bonds is 4. The molecule has 3 N–H and O–H groups in total. The third-order valence-corrected chi connectivity index (χ3v) is 4.34. The van der Waals surface area contributed by atoms with Gasteiger partial charge in [0.05, 0.1) is 17.3 Å². The third-order valence-electron chi connectivity index (χ3n) is 3.26. The number of nitrogen functional groups attached to an aromatic ring is 1. The SMILES string of the molecule is CCC(C(=O)Nc1c(N)cc(Br)cc1Br)c1ccccc1. The van der Waals surface area contributed by atoms with Gasteiger partial charge in [-0.05, 0) is 40.0 Å². The number of hydrogen-bond acceptors (Lipinski definition) is 2. The van der Waals surface area contributed by atoms with Crippen LogP contribution >= 0.6 is 31.9 Å². The zero-order valence-corrected chi connectivity index (χ0v) is 14.7. The predicted molar refractivity (Wildman–Crippen MR) is 94.4 cm³/mol. The smallest absolute Gasteiger partial charge is 0.231 e. The Labute approximate surface area is 141 Å². The van der Waals surface area contributed by atoms with E-state index < -0.39 is 0 Å². The number of carbonyl (C=O) groups is 1. The Kier molecular flexibility index (Phi) is 5.42. The number of benzene rings is 2. The lowest BCUT2D eigenvalue weighted by Crippen LogP contribution is -2.21. The number of anilines is 2. The summed E-state index contributed by atoms with van der Waals surface area (Å²) < 4.78 is 1.62. The Hall–Kier alpha value is -1.33. The lowest BCUT2D eigenvalue weighted by molar-refractivity contribution is -0.117.